The van der Waals surface area contributed by atoms with Crippen molar-refractivity contribution < 1.29 is 19.1 Å². The van der Waals surface area contributed by atoms with Gasteiger partial charge in [-0.25, -0.2) is 4.79 Å². The number of hydrogen-bond acceptors (Lipinski definition) is 5. The van der Waals surface area contributed by atoms with Crippen LogP contribution >= 0.6 is 15.9 Å². The van der Waals surface area contributed by atoms with Gasteiger partial charge in [-0.3, -0.25) is 4.79 Å². The number of nitrogens with one attached hydrogen (secondary N) is 1. The molecule has 0 aliphatic carbocycles. The number of amides is 1. The number of nitrogens with zero attached hydrogens (tertiary/aromatic N) is 1. The van der Waals surface area contributed by atoms with Crippen LogP contribution in [0.3, 0.4) is 0 Å². The number of benzene rings is 2. The Hall–Kier alpha value is -2.85. The first-order chi connectivity index (χ1) is 11.5. The average Bonchev–Trinajstić information content (AvgIpc) is 2.59. The molecule has 2 aromatic rings. The summed E-state index contributed by atoms with van der Waals surface area (Å²) in [5, 5.41) is 11.4. The fraction of sp³-hybridized carbons (Fsp3) is 0.118. The molecule has 0 bridgehead atoms. The van der Waals surface area contributed by atoms with Crippen molar-refractivity contribution in [3.05, 3.63) is 58.1 Å². The van der Waals surface area contributed by atoms with Crippen molar-refractivity contribution in [2.75, 3.05) is 19.0 Å². The largest absolute Gasteiger partial charge is 0.496 e. The average molecular weight is 389 g/mol. The van der Waals surface area contributed by atoms with Crippen molar-refractivity contribution in [1.82, 2.24) is 0 Å². The van der Waals surface area contributed by atoms with Gasteiger partial charge >= 0.3 is 5.97 Å². The van der Waals surface area contributed by atoms with Gasteiger partial charge in [0.15, 0.2) is 6.61 Å². The molecule has 122 valence electrons. The first-order valence-corrected chi connectivity index (χ1v) is 7.63. The van der Waals surface area contributed by atoms with Gasteiger partial charge in [0, 0.05) is 5.69 Å². The molecule has 2 rings (SSSR count). The third kappa shape index (κ3) is 4.57. The van der Waals surface area contributed by atoms with Crippen molar-refractivity contribution in [2.45, 2.75) is 0 Å². The first-order valence-electron chi connectivity index (χ1n) is 6.84. The molecule has 0 aliphatic heterocycles. The van der Waals surface area contributed by atoms with E-state index in [9.17, 15) is 9.59 Å². The Labute approximate surface area is 147 Å². The monoisotopic (exact) mass is 388 g/mol. The number of nitriles is 1. The summed E-state index contributed by atoms with van der Waals surface area (Å²) in [6.07, 6.45) is 0. The van der Waals surface area contributed by atoms with E-state index in [1.807, 2.05) is 6.07 Å². The van der Waals surface area contributed by atoms with Crippen molar-refractivity contribution >= 4 is 33.5 Å². The zero-order valence-electron chi connectivity index (χ0n) is 12.7. The lowest BCUT2D eigenvalue weighted by Crippen LogP contribution is -2.21. The second kappa shape index (κ2) is 8.13. The third-order valence-electron chi connectivity index (χ3n) is 3.00. The minimum atomic E-state index is -0.626. The lowest BCUT2D eigenvalue weighted by molar-refractivity contribution is -0.119. The highest BCUT2D eigenvalue weighted by Gasteiger charge is 2.12. The van der Waals surface area contributed by atoms with Gasteiger partial charge in [0.25, 0.3) is 5.91 Å². The minimum Gasteiger partial charge on any atom is -0.496 e. The summed E-state index contributed by atoms with van der Waals surface area (Å²) < 4.78 is 10.7. The number of halogens is 1. The molecule has 2 aromatic carbocycles. The predicted octanol–water partition coefficient (Wildman–Crippen LogP) is 3.12. The molecule has 1 amide bonds. The van der Waals surface area contributed by atoms with Crippen LogP contribution in [-0.4, -0.2) is 25.6 Å². The topological polar surface area (TPSA) is 88.4 Å². The van der Waals surface area contributed by atoms with Crippen molar-refractivity contribution in [1.29, 1.82) is 5.26 Å². The van der Waals surface area contributed by atoms with Gasteiger partial charge in [0.1, 0.15) is 5.75 Å². The molecular formula is C17H13BrN2O4. The van der Waals surface area contributed by atoms with E-state index >= 15 is 0 Å². The maximum atomic E-state index is 11.9. The Bertz CT molecular complexity index is 814. The van der Waals surface area contributed by atoms with Crippen LogP contribution in [-0.2, 0) is 9.53 Å². The molecule has 0 aromatic heterocycles. The van der Waals surface area contributed by atoms with Crippen LogP contribution in [0.5, 0.6) is 5.75 Å². The van der Waals surface area contributed by atoms with E-state index in [1.165, 1.54) is 13.2 Å². The van der Waals surface area contributed by atoms with Gasteiger partial charge in [0.2, 0.25) is 0 Å². The van der Waals surface area contributed by atoms with Crippen molar-refractivity contribution in [3.63, 3.8) is 0 Å². The Morgan fingerprint density at radius 1 is 1.25 bits per heavy atom. The van der Waals surface area contributed by atoms with Gasteiger partial charge in [-0.05, 0) is 52.3 Å². The molecule has 6 nitrogen and oxygen atoms in total. The second-order valence-electron chi connectivity index (χ2n) is 4.67. The SMILES string of the molecule is COc1ccc(C(=O)OCC(=O)Nc2cccc(C#N)c2)cc1Br. The zero-order valence-corrected chi connectivity index (χ0v) is 14.3. The van der Waals surface area contributed by atoms with Crippen molar-refractivity contribution in [2.24, 2.45) is 0 Å². The number of rotatable bonds is 5. The fourth-order valence-electron chi connectivity index (χ4n) is 1.87. The zero-order chi connectivity index (χ0) is 17.5. The number of carbonyl (C=O) groups is 2. The number of esters is 1. The highest BCUT2D eigenvalue weighted by atomic mass is 79.9. The molecule has 0 unspecified atom stereocenters. The first kappa shape index (κ1) is 17.5. The van der Waals surface area contributed by atoms with Crippen LogP contribution < -0.4 is 10.1 Å². The van der Waals surface area contributed by atoms with E-state index in [0.29, 0.717) is 27.0 Å². The summed E-state index contributed by atoms with van der Waals surface area (Å²) in [4.78, 5) is 23.8. The standard InChI is InChI=1S/C17H13BrN2O4/c1-23-15-6-5-12(8-14(15)18)17(22)24-10-16(21)20-13-4-2-3-11(7-13)9-19/h2-8H,10H2,1H3,(H,20,21). The predicted molar refractivity (Wildman–Crippen MR) is 90.8 cm³/mol. The van der Waals surface area contributed by atoms with Gasteiger partial charge in [0.05, 0.1) is 28.8 Å². The maximum Gasteiger partial charge on any atom is 0.338 e. The fourth-order valence-corrected chi connectivity index (χ4v) is 2.41. The van der Waals surface area contributed by atoms with Crippen LogP contribution in [0.15, 0.2) is 46.9 Å². The van der Waals surface area contributed by atoms with E-state index in [4.69, 9.17) is 14.7 Å². The van der Waals surface area contributed by atoms with E-state index in [-0.39, 0.29) is 0 Å². The summed E-state index contributed by atoms with van der Waals surface area (Å²) in [6, 6.07) is 13.1. The van der Waals surface area contributed by atoms with Gasteiger partial charge < -0.3 is 14.8 Å². The van der Waals surface area contributed by atoms with E-state index < -0.39 is 18.5 Å². The smallest absolute Gasteiger partial charge is 0.338 e. The van der Waals surface area contributed by atoms with Crippen LogP contribution in [0, 0.1) is 11.3 Å². The summed E-state index contributed by atoms with van der Waals surface area (Å²) in [7, 11) is 1.52. The number of hydrogen-bond donors (Lipinski definition) is 1. The Kier molecular flexibility index (Phi) is 5.93. The van der Waals surface area contributed by atoms with Crippen LogP contribution in [0.2, 0.25) is 0 Å². The van der Waals surface area contributed by atoms with E-state index in [0.717, 1.165) is 0 Å². The highest BCUT2D eigenvalue weighted by molar-refractivity contribution is 9.10. The van der Waals surface area contributed by atoms with Gasteiger partial charge in [-0.15, -0.1) is 0 Å². The molecule has 0 radical (unpaired) electrons. The Morgan fingerprint density at radius 2 is 2.04 bits per heavy atom. The summed E-state index contributed by atoms with van der Waals surface area (Å²) >= 11 is 3.28. The Morgan fingerprint density at radius 3 is 2.71 bits per heavy atom. The number of carbonyl (C=O) groups excluding carboxylic acids is 2. The summed E-state index contributed by atoms with van der Waals surface area (Å²) in [6.45, 7) is -0.431. The van der Waals surface area contributed by atoms with Crippen LogP contribution in [0.1, 0.15) is 15.9 Å². The van der Waals surface area contributed by atoms with Crippen LogP contribution in [0.4, 0.5) is 5.69 Å². The lowest BCUT2D eigenvalue weighted by atomic mass is 10.2. The number of anilines is 1. The Balaban J connectivity index is 1.92. The molecule has 0 spiro atoms. The van der Waals surface area contributed by atoms with Gasteiger partial charge in [-0.2, -0.15) is 5.26 Å². The van der Waals surface area contributed by atoms with Crippen LogP contribution in [0.25, 0.3) is 0 Å². The quantitative estimate of drug-likeness (QED) is 0.794. The second-order valence-corrected chi connectivity index (χ2v) is 5.52. The minimum absolute atomic E-state index is 0.293. The molecule has 0 aliphatic rings. The molecule has 24 heavy (non-hydrogen) atoms. The number of methoxy groups -OCH3 is 1. The highest BCUT2D eigenvalue weighted by Crippen LogP contribution is 2.25. The van der Waals surface area contributed by atoms with Crippen molar-refractivity contribution in [3.8, 4) is 11.8 Å². The third-order valence-corrected chi connectivity index (χ3v) is 3.62. The maximum absolute atomic E-state index is 11.9. The molecule has 0 heterocycles. The molecule has 0 saturated heterocycles. The number of ether oxygens (including phenoxy) is 2. The molecular weight excluding hydrogens is 376 g/mol. The lowest BCUT2D eigenvalue weighted by Gasteiger charge is -2.08. The van der Waals surface area contributed by atoms with E-state index in [2.05, 4.69) is 21.2 Å². The van der Waals surface area contributed by atoms with E-state index in [1.54, 1.807) is 36.4 Å². The summed E-state index contributed by atoms with van der Waals surface area (Å²) in [5.74, 6) is -0.535. The molecule has 7 heteroatoms. The van der Waals surface area contributed by atoms with Gasteiger partial charge in [-0.1, -0.05) is 6.07 Å². The normalized spacial score (nSPS) is 9.71. The molecule has 0 saturated carbocycles. The molecule has 0 atom stereocenters. The molecule has 0 fully saturated rings. The molecule has 1 N–H and O–H groups in total. The summed E-state index contributed by atoms with van der Waals surface area (Å²) in [5.41, 5.74) is 1.18.